The van der Waals surface area contributed by atoms with Gasteiger partial charge in [0.2, 0.25) is 0 Å². The van der Waals surface area contributed by atoms with Gasteiger partial charge in [0.15, 0.2) is 5.15 Å². The molecule has 0 atom stereocenters. The van der Waals surface area contributed by atoms with Crippen LogP contribution >= 0.6 is 11.6 Å². The van der Waals surface area contributed by atoms with Gasteiger partial charge in [-0.25, -0.2) is 0 Å². The van der Waals surface area contributed by atoms with Gasteiger partial charge in [0.25, 0.3) is 0 Å². The van der Waals surface area contributed by atoms with Crippen LogP contribution in [0.25, 0.3) is 11.1 Å². The van der Waals surface area contributed by atoms with Crippen molar-refractivity contribution in [2.24, 2.45) is 0 Å². The van der Waals surface area contributed by atoms with Gasteiger partial charge in [-0.2, -0.15) is 5.10 Å². The van der Waals surface area contributed by atoms with Crippen molar-refractivity contribution in [2.45, 2.75) is 19.8 Å². The first-order valence-corrected chi connectivity index (χ1v) is 6.17. The number of nitrogens with zero attached hydrogens (tertiary/aromatic N) is 2. The van der Waals surface area contributed by atoms with E-state index in [9.17, 15) is 0 Å². The fraction of sp³-hybridized carbons (Fsp3) is 0.286. The molecule has 4 heteroatoms. The lowest BCUT2D eigenvalue weighted by Gasteiger charge is -2.11. The monoisotopic (exact) mass is 262 g/mol. The maximum atomic E-state index is 6.14. The lowest BCUT2D eigenvalue weighted by Crippen LogP contribution is -1.98. The maximum absolute atomic E-state index is 6.14. The van der Waals surface area contributed by atoms with Crippen LogP contribution in [0.5, 0.6) is 5.75 Å². The van der Waals surface area contributed by atoms with E-state index in [0.29, 0.717) is 11.1 Å². The number of methoxy groups -OCH3 is 1. The van der Waals surface area contributed by atoms with Crippen molar-refractivity contribution in [3.8, 4) is 16.9 Å². The maximum Gasteiger partial charge on any atom is 0.159 e. The van der Waals surface area contributed by atoms with Gasteiger partial charge in [-0.3, -0.25) is 0 Å². The SMILES string of the molecule is COc1ccccc1-c1cc(C(C)C)nnc1Cl. The molecular weight excluding hydrogens is 248 g/mol. The minimum absolute atomic E-state index is 0.309. The van der Waals surface area contributed by atoms with Gasteiger partial charge in [0.1, 0.15) is 5.75 Å². The molecule has 0 amide bonds. The highest BCUT2D eigenvalue weighted by atomic mass is 35.5. The average Bonchev–Trinajstić information content (AvgIpc) is 2.39. The standard InChI is InChI=1S/C14H15ClN2O/c1-9(2)12-8-11(14(15)17-16-12)10-6-4-5-7-13(10)18-3/h4-9H,1-3H3. The van der Waals surface area contributed by atoms with Crippen LogP contribution in [0.15, 0.2) is 30.3 Å². The Balaban J connectivity index is 2.59. The van der Waals surface area contributed by atoms with E-state index in [4.69, 9.17) is 16.3 Å². The van der Waals surface area contributed by atoms with Gasteiger partial charge in [0, 0.05) is 11.1 Å². The molecular formula is C14H15ClN2O. The fourth-order valence-electron chi connectivity index (χ4n) is 1.73. The molecule has 2 rings (SSSR count). The normalized spacial score (nSPS) is 10.7. The lowest BCUT2D eigenvalue weighted by atomic mass is 10.0. The van der Waals surface area contributed by atoms with Crippen molar-refractivity contribution in [1.82, 2.24) is 10.2 Å². The van der Waals surface area contributed by atoms with Gasteiger partial charge in [-0.1, -0.05) is 43.6 Å². The van der Waals surface area contributed by atoms with Crippen molar-refractivity contribution in [2.75, 3.05) is 7.11 Å². The number of ether oxygens (including phenoxy) is 1. The first-order chi connectivity index (χ1) is 8.63. The lowest BCUT2D eigenvalue weighted by molar-refractivity contribution is 0.416. The van der Waals surface area contributed by atoms with Crippen LogP contribution < -0.4 is 4.74 Å². The molecule has 0 unspecified atom stereocenters. The minimum Gasteiger partial charge on any atom is -0.496 e. The van der Waals surface area contributed by atoms with Gasteiger partial charge >= 0.3 is 0 Å². The third-order valence-electron chi connectivity index (χ3n) is 2.76. The Hall–Kier alpha value is -1.61. The third kappa shape index (κ3) is 2.46. The van der Waals surface area contributed by atoms with Crippen LogP contribution in [0.1, 0.15) is 25.5 Å². The smallest absolute Gasteiger partial charge is 0.159 e. The van der Waals surface area contributed by atoms with E-state index in [0.717, 1.165) is 22.6 Å². The Morgan fingerprint density at radius 2 is 1.83 bits per heavy atom. The Morgan fingerprint density at radius 3 is 2.50 bits per heavy atom. The van der Waals surface area contributed by atoms with E-state index >= 15 is 0 Å². The second-order valence-corrected chi connectivity index (χ2v) is 4.69. The summed E-state index contributed by atoms with van der Waals surface area (Å²) in [5.74, 6) is 1.09. The molecule has 1 aromatic carbocycles. The second kappa shape index (κ2) is 5.36. The summed E-state index contributed by atoms with van der Waals surface area (Å²) >= 11 is 6.14. The Bertz CT molecular complexity index is 555. The summed E-state index contributed by atoms with van der Waals surface area (Å²) in [7, 11) is 1.64. The van der Waals surface area contributed by atoms with Crippen LogP contribution in [0.3, 0.4) is 0 Å². The van der Waals surface area contributed by atoms with Gasteiger partial charge < -0.3 is 4.74 Å². The molecule has 3 nitrogen and oxygen atoms in total. The molecule has 0 aliphatic heterocycles. The Kier molecular flexibility index (Phi) is 3.82. The molecule has 0 spiro atoms. The molecule has 94 valence electrons. The predicted octanol–water partition coefficient (Wildman–Crippen LogP) is 3.93. The van der Waals surface area contributed by atoms with E-state index in [1.54, 1.807) is 7.11 Å². The Labute approximate surface area is 112 Å². The topological polar surface area (TPSA) is 35.0 Å². The minimum atomic E-state index is 0.309. The number of aromatic nitrogens is 2. The molecule has 2 aromatic rings. The van der Waals surface area contributed by atoms with Gasteiger partial charge in [-0.05, 0) is 18.1 Å². The van der Waals surface area contributed by atoms with E-state index in [-0.39, 0.29) is 0 Å². The van der Waals surface area contributed by atoms with Crippen molar-refractivity contribution < 1.29 is 4.74 Å². The molecule has 0 aliphatic rings. The molecule has 0 saturated heterocycles. The predicted molar refractivity (Wildman–Crippen MR) is 73.1 cm³/mol. The fourth-order valence-corrected chi connectivity index (χ4v) is 1.92. The van der Waals surface area contributed by atoms with Crippen LogP contribution in [0.4, 0.5) is 0 Å². The highest BCUT2D eigenvalue weighted by molar-refractivity contribution is 6.32. The molecule has 18 heavy (non-hydrogen) atoms. The van der Waals surface area contributed by atoms with Gasteiger partial charge in [0.05, 0.1) is 12.8 Å². The molecule has 0 radical (unpaired) electrons. The van der Waals surface area contributed by atoms with E-state index in [1.165, 1.54) is 0 Å². The second-order valence-electron chi connectivity index (χ2n) is 4.33. The van der Waals surface area contributed by atoms with Gasteiger partial charge in [-0.15, -0.1) is 5.10 Å². The van der Waals surface area contributed by atoms with E-state index in [1.807, 2.05) is 30.3 Å². The molecule has 1 aromatic heterocycles. The zero-order valence-electron chi connectivity index (χ0n) is 10.6. The first-order valence-electron chi connectivity index (χ1n) is 5.80. The largest absolute Gasteiger partial charge is 0.496 e. The molecule has 0 N–H and O–H groups in total. The zero-order chi connectivity index (χ0) is 13.1. The van der Waals surface area contributed by atoms with E-state index in [2.05, 4.69) is 24.0 Å². The number of halogens is 1. The first kappa shape index (κ1) is 12.8. The van der Waals surface area contributed by atoms with E-state index < -0.39 is 0 Å². The van der Waals surface area contributed by atoms with Crippen LogP contribution in [-0.2, 0) is 0 Å². The highest BCUT2D eigenvalue weighted by Gasteiger charge is 2.13. The van der Waals surface area contributed by atoms with Crippen molar-refractivity contribution in [3.63, 3.8) is 0 Å². The zero-order valence-corrected chi connectivity index (χ0v) is 11.4. The quantitative estimate of drug-likeness (QED) is 0.841. The van der Waals surface area contributed by atoms with Crippen molar-refractivity contribution in [3.05, 3.63) is 41.2 Å². The summed E-state index contributed by atoms with van der Waals surface area (Å²) in [5, 5.41) is 8.50. The number of hydrogen-bond acceptors (Lipinski definition) is 3. The van der Waals surface area contributed by atoms with Crippen LogP contribution in [0.2, 0.25) is 5.15 Å². The van der Waals surface area contributed by atoms with Crippen molar-refractivity contribution in [1.29, 1.82) is 0 Å². The number of rotatable bonds is 3. The molecule has 0 aliphatic carbocycles. The molecule has 1 heterocycles. The summed E-state index contributed by atoms with van der Waals surface area (Å²) in [6.45, 7) is 4.15. The van der Waals surface area contributed by atoms with Crippen LogP contribution in [0, 0.1) is 0 Å². The summed E-state index contributed by atoms with van der Waals surface area (Å²) in [4.78, 5) is 0. The average molecular weight is 263 g/mol. The Morgan fingerprint density at radius 1 is 1.11 bits per heavy atom. The summed E-state index contributed by atoms with van der Waals surface area (Å²) in [6, 6.07) is 9.71. The third-order valence-corrected chi connectivity index (χ3v) is 3.04. The number of para-hydroxylation sites is 1. The highest BCUT2D eigenvalue weighted by Crippen LogP contribution is 2.34. The number of hydrogen-bond donors (Lipinski definition) is 0. The van der Waals surface area contributed by atoms with Crippen LogP contribution in [-0.4, -0.2) is 17.3 Å². The molecule has 0 fully saturated rings. The molecule has 0 saturated carbocycles. The molecule has 0 bridgehead atoms. The summed E-state index contributed by atoms with van der Waals surface area (Å²) in [5.41, 5.74) is 2.70. The van der Waals surface area contributed by atoms with Crippen molar-refractivity contribution >= 4 is 11.6 Å². The number of benzene rings is 1. The summed E-state index contributed by atoms with van der Waals surface area (Å²) in [6.07, 6.45) is 0. The summed E-state index contributed by atoms with van der Waals surface area (Å²) < 4.78 is 5.35.